The molecule has 0 radical (unpaired) electrons. The van der Waals surface area contributed by atoms with E-state index in [0.717, 1.165) is 36.8 Å². The molecule has 1 N–H and O–H groups in total. The van der Waals surface area contributed by atoms with Gasteiger partial charge < -0.3 is 9.73 Å². The summed E-state index contributed by atoms with van der Waals surface area (Å²) in [5, 5.41) is 2.96. The highest BCUT2D eigenvalue weighted by Crippen LogP contribution is 2.23. The maximum Gasteiger partial charge on any atom is 0.251 e. The van der Waals surface area contributed by atoms with Gasteiger partial charge in [-0.1, -0.05) is 24.3 Å². The molecule has 0 spiro atoms. The molecule has 8 heteroatoms. The summed E-state index contributed by atoms with van der Waals surface area (Å²) in [7, 11) is -3.78. The molecule has 1 saturated carbocycles. The van der Waals surface area contributed by atoms with E-state index in [-0.39, 0.29) is 29.9 Å². The van der Waals surface area contributed by atoms with E-state index in [2.05, 4.69) is 5.32 Å². The number of hydrogen-bond donors (Lipinski definition) is 1. The second-order valence-corrected chi connectivity index (χ2v) is 10.5. The van der Waals surface area contributed by atoms with E-state index >= 15 is 0 Å². The number of halogens is 1. The fraction of sp³-hybridized carbons (Fsp3) is 0.320. The number of carbonyl (C=O) groups excluding carboxylic acids is 1. The Bertz CT molecular complexity index is 1160. The van der Waals surface area contributed by atoms with Crippen LogP contribution < -0.4 is 5.32 Å². The van der Waals surface area contributed by atoms with Crippen LogP contribution >= 0.6 is 11.6 Å². The van der Waals surface area contributed by atoms with Gasteiger partial charge in [0.25, 0.3) is 5.91 Å². The maximum atomic E-state index is 13.5. The molecule has 3 aromatic rings. The van der Waals surface area contributed by atoms with Gasteiger partial charge in [0, 0.05) is 24.0 Å². The van der Waals surface area contributed by atoms with Gasteiger partial charge in [-0.05, 0) is 73.2 Å². The Balaban J connectivity index is 1.53. The van der Waals surface area contributed by atoms with Crippen molar-refractivity contribution in [3.8, 4) is 0 Å². The predicted octanol–water partition coefficient (Wildman–Crippen LogP) is 4.73. The van der Waals surface area contributed by atoms with Crippen LogP contribution in [0.4, 0.5) is 0 Å². The summed E-state index contributed by atoms with van der Waals surface area (Å²) in [4.78, 5) is 12.5. The number of nitrogens with one attached hydrogen (secondary N) is 1. The quantitative estimate of drug-likeness (QED) is 0.397. The lowest BCUT2D eigenvalue weighted by atomic mass is 10.1. The Morgan fingerprint density at radius 3 is 2.30 bits per heavy atom. The number of rotatable bonds is 11. The van der Waals surface area contributed by atoms with Crippen molar-refractivity contribution in [2.24, 2.45) is 0 Å². The molecule has 0 aliphatic heterocycles. The summed E-state index contributed by atoms with van der Waals surface area (Å²) in [6.45, 7) is 0.259. The summed E-state index contributed by atoms with van der Waals surface area (Å²) < 4.78 is 33.8. The third kappa shape index (κ3) is 6.25. The first-order valence-electron chi connectivity index (χ1n) is 11.0. The second kappa shape index (κ2) is 10.5. The number of carbonyl (C=O) groups is 1. The molecule has 0 bridgehead atoms. The summed E-state index contributed by atoms with van der Waals surface area (Å²) in [6, 6.07) is 17.8. The first-order chi connectivity index (χ1) is 16.0. The van der Waals surface area contributed by atoms with Crippen molar-refractivity contribution in [1.82, 2.24) is 9.62 Å². The molecule has 1 aliphatic carbocycles. The van der Waals surface area contributed by atoms with E-state index in [9.17, 15) is 13.2 Å². The van der Waals surface area contributed by atoms with Crippen LogP contribution in [-0.2, 0) is 29.5 Å². The standard InChI is InChI=1S/C25H27ClN2O4S/c26-15-1-3-19-7-13-24(14-8-19)33(30,31)28(18-23-4-2-16-32-23)17-20-5-9-21(10-6-20)25(29)27-22-11-12-22/h2,4-10,13-14,16,22H,1,3,11-12,15,17-18H2,(H,27,29). The predicted molar refractivity (Wildman–Crippen MR) is 128 cm³/mol. The van der Waals surface area contributed by atoms with Crippen LogP contribution in [0, 0.1) is 0 Å². The zero-order valence-electron chi connectivity index (χ0n) is 18.2. The van der Waals surface area contributed by atoms with E-state index in [1.807, 2.05) is 12.1 Å². The lowest BCUT2D eigenvalue weighted by Gasteiger charge is -2.22. The molecule has 1 heterocycles. The minimum absolute atomic E-state index is 0.0987. The summed E-state index contributed by atoms with van der Waals surface area (Å²) in [5.74, 6) is 1.02. The van der Waals surface area contributed by atoms with Crippen LogP contribution in [0.2, 0.25) is 0 Å². The average Bonchev–Trinajstić information content (AvgIpc) is 3.49. The zero-order chi connectivity index (χ0) is 23.3. The van der Waals surface area contributed by atoms with Crippen molar-refractivity contribution in [2.45, 2.75) is 49.7 Å². The molecule has 0 unspecified atom stereocenters. The zero-order valence-corrected chi connectivity index (χ0v) is 19.8. The lowest BCUT2D eigenvalue weighted by molar-refractivity contribution is 0.0951. The van der Waals surface area contributed by atoms with Crippen molar-refractivity contribution < 1.29 is 17.6 Å². The molecule has 1 aromatic heterocycles. The fourth-order valence-electron chi connectivity index (χ4n) is 3.51. The van der Waals surface area contributed by atoms with Gasteiger partial charge in [0.15, 0.2) is 0 Å². The Hall–Kier alpha value is -2.61. The molecule has 1 fully saturated rings. The van der Waals surface area contributed by atoms with Crippen LogP contribution in [0.3, 0.4) is 0 Å². The Morgan fingerprint density at radius 1 is 1.00 bits per heavy atom. The molecule has 2 aromatic carbocycles. The van der Waals surface area contributed by atoms with E-state index in [4.69, 9.17) is 16.0 Å². The Kier molecular flexibility index (Phi) is 7.53. The van der Waals surface area contributed by atoms with Crippen molar-refractivity contribution in [3.05, 3.63) is 89.4 Å². The molecule has 6 nitrogen and oxygen atoms in total. The molecule has 174 valence electrons. The van der Waals surface area contributed by atoms with Gasteiger partial charge in [-0.2, -0.15) is 4.31 Å². The van der Waals surface area contributed by atoms with Crippen LogP contribution in [0.25, 0.3) is 0 Å². The van der Waals surface area contributed by atoms with Crippen molar-refractivity contribution in [3.63, 3.8) is 0 Å². The molecule has 0 atom stereocenters. The number of sulfonamides is 1. The normalized spacial score (nSPS) is 13.9. The molecule has 4 rings (SSSR count). The third-order valence-electron chi connectivity index (χ3n) is 5.56. The number of hydrogen-bond acceptors (Lipinski definition) is 4. The number of nitrogens with zero attached hydrogens (tertiary/aromatic N) is 1. The topological polar surface area (TPSA) is 79.6 Å². The fourth-order valence-corrected chi connectivity index (χ4v) is 5.04. The number of alkyl halides is 1. The van der Waals surface area contributed by atoms with Crippen molar-refractivity contribution in [2.75, 3.05) is 5.88 Å². The van der Waals surface area contributed by atoms with E-state index in [1.54, 1.807) is 48.5 Å². The molecular weight excluding hydrogens is 460 g/mol. The first kappa shape index (κ1) is 23.5. The van der Waals surface area contributed by atoms with E-state index < -0.39 is 10.0 Å². The highest BCUT2D eigenvalue weighted by atomic mass is 35.5. The SMILES string of the molecule is O=C(NC1CC1)c1ccc(CN(Cc2ccco2)S(=O)(=O)c2ccc(CCCCl)cc2)cc1. The smallest absolute Gasteiger partial charge is 0.251 e. The van der Waals surface area contributed by atoms with Crippen molar-refractivity contribution >= 4 is 27.5 Å². The number of aryl methyl sites for hydroxylation is 1. The van der Waals surface area contributed by atoms with Crippen LogP contribution in [0.5, 0.6) is 0 Å². The molecule has 1 aliphatic rings. The van der Waals surface area contributed by atoms with Gasteiger partial charge in [0.05, 0.1) is 17.7 Å². The summed E-state index contributed by atoms with van der Waals surface area (Å²) in [5.41, 5.74) is 2.40. The van der Waals surface area contributed by atoms with Gasteiger partial charge in [0.1, 0.15) is 5.76 Å². The number of furan rings is 1. The minimum atomic E-state index is -3.78. The van der Waals surface area contributed by atoms with Crippen LogP contribution in [0.15, 0.2) is 76.2 Å². The van der Waals surface area contributed by atoms with Gasteiger partial charge in [-0.25, -0.2) is 8.42 Å². The molecule has 1 amide bonds. The van der Waals surface area contributed by atoms with Crippen molar-refractivity contribution in [1.29, 1.82) is 0 Å². The van der Waals surface area contributed by atoms with Crippen LogP contribution in [0.1, 0.15) is 46.5 Å². The van der Waals surface area contributed by atoms with Gasteiger partial charge in [-0.3, -0.25) is 4.79 Å². The average molecular weight is 487 g/mol. The Labute approximate surface area is 199 Å². The highest BCUT2D eigenvalue weighted by Gasteiger charge is 2.26. The summed E-state index contributed by atoms with van der Waals surface area (Å²) >= 11 is 5.76. The van der Waals surface area contributed by atoms with Crippen LogP contribution in [-0.4, -0.2) is 30.6 Å². The maximum absolute atomic E-state index is 13.5. The largest absolute Gasteiger partial charge is 0.468 e. The first-order valence-corrected chi connectivity index (χ1v) is 13.0. The molecular formula is C25H27ClN2O4S. The molecule has 0 saturated heterocycles. The lowest BCUT2D eigenvalue weighted by Crippen LogP contribution is -2.30. The number of benzene rings is 2. The third-order valence-corrected chi connectivity index (χ3v) is 7.63. The van der Waals surface area contributed by atoms with E-state index in [0.29, 0.717) is 17.2 Å². The Morgan fingerprint density at radius 2 is 1.70 bits per heavy atom. The second-order valence-electron chi connectivity index (χ2n) is 8.23. The summed E-state index contributed by atoms with van der Waals surface area (Å²) in [6.07, 6.45) is 5.22. The van der Waals surface area contributed by atoms with Gasteiger partial charge in [-0.15, -0.1) is 11.6 Å². The van der Waals surface area contributed by atoms with E-state index in [1.165, 1.54) is 10.6 Å². The number of amides is 1. The molecule has 33 heavy (non-hydrogen) atoms. The van der Waals surface area contributed by atoms with Gasteiger partial charge >= 0.3 is 0 Å². The monoisotopic (exact) mass is 486 g/mol. The highest BCUT2D eigenvalue weighted by molar-refractivity contribution is 7.89. The minimum Gasteiger partial charge on any atom is -0.468 e. The van der Waals surface area contributed by atoms with Gasteiger partial charge in [0.2, 0.25) is 10.0 Å².